The molecule has 0 aromatic heterocycles. The fraction of sp³-hybridized carbons (Fsp3) is 0.588. The standard InChI is InChI=1S/C17H27NO3/c1-12(2)8-15(19)11-18-17(20)9-13(3)14-6-5-7-16(10-14)21-4/h5-7,10,12-13,15,19H,8-9,11H2,1-4H3,(H,18,20). The minimum Gasteiger partial charge on any atom is -0.497 e. The van der Waals surface area contributed by atoms with Gasteiger partial charge in [0.25, 0.3) is 0 Å². The van der Waals surface area contributed by atoms with Gasteiger partial charge < -0.3 is 15.2 Å². The Balaban J connectivity index is 2.43. The van der Waals surface area contributed by atoms with Crippen molar-refractivity contribution in [2.24, 2.45) is 5.92 Å². The van der Waals surface area contributed by atoms with E-state index in [4.69, 9.17) is 4.74 Å². The van der Waals surface area contributed by atoms with Crippen LogP contribution in [-0.2, 0) is 4.79 Å². The highest BCUT2D eigenvalue weighted by molar-refractivity contribution is 5.76. The van der Waals surface area contributed by atoms with Gasteiger partial charge in [0.1, 0.15) is 5.75 Å². The number of ether oxygens (including phenoxy) is 1. The topological polar surface area (TPSA) is 58.6 Å². The monoisotopic (exact) mass is 293 g/mol. The van der Waals surface area contributed by atoms with Crippen LogP contribution < -0.4 is 10.1 Å². The van der Waals surface area contributed by atoms with E-state index in [-0.39, 0.29) is 11.8 Å². The van der Waals surface area contributed by atoms with Gasteiger partial charge in [0.2, 0.25) is 5.91 Å². The van der Waals surface area contributed by atoms with Gasteiger partial charge in [-0.3, -0.25) is 4.79 Å². The molecule has 0 spiro atoms. The SMILES string of the molecule is COc1cccc(C(C)CC(=O)NCC(O)CC(C)C)c1. The third-order valence-electron chi connectivity index (χ3n) is 3.43. The number of aliphatic hydroxyl groups is 1. The van der Waals surface area contributed by atoms with Crippen molar-refractivity contribution in [2.45, 2.75) is 45.6 Å². The Labute approximate surface area is 127 Å². The highest BCUT2D eigenvalue weighted by Crippen LogP contribution is 2.23. The molecule has 0 radical (unpaired) electrons. The minimum absolute atomic E-state index is 0.0341. The summed E-state index contributed by atoms with van der Waals surface area (Å²) in [6.45, 7) is 6.44. The Morgan fingerprint density at radius 3 is 2.67 bits per heavy atom. The van der Waals surface area contributed by atoms with E-state index in [1.807, 2.05) is 31.2 Å². The Morgan fingerprint density at radius 1 is 1.33 bits per heavy atom. The molecule has 2 atom stereocenters. The van der Waals surface area contributed by atoms with E-state index in [9.17, 15) is 9.90 Å². The van der Waals surface area contributed by atoms with Crippen molar-refractivity contribution < 1.29 is 14.6 Å². The first-order valence-corrected chi connectivity index (χ1v) is 7.51. The number of hydrogen-bond donors (Lipinski definition) is 2. The first-order valence-electron chi connectivity index (χ1n) is 7.51. The number of amides is 1. The number of aliphatic hydroxyl groups excluding tert-OH is 1. The first kappa shape index (κ1) is 17.5. The molecule has 21 heavy (non-hydrogen) atoms. The van der Waals surface area contributed by atoms with E-state index >= 15 is 0 Å². The summed E-state index contributed by atoms with van der Waals surface area (Å²) in [5.74, 6) is 1.30. The summed E-state index contributed by atoms with van der Waals surface area (Å²) >= 11 is 0. The molecule has 0 aliphatic heterocycles. The number of methoxy groups -OCH3 is 1. The highest BCUT2D eigenvalue weighted by atomic mass is 16.5. The van der Waals surface area contributed by atoms with Gasteiger partial charge in [0, 0.05) is 13.0 Å². The number of nitrogens with one attached hydrogen (secondary N) is 1. The summed E-state index contributed by atoms with van der Waals surface area (Å²) in [6.07, 6.45) is 0.633. The lowest BCUT2D eigenvalue weighted by Gasteiger charge is -2.16. The van der Waals surface area contributed by atoms with Crippen LogP contribution in [-0.4, -0.2) is 30.8 Å². The van der Waals surface area contributed by atoms with E-state index in [1.165, 1.54) is 0 Å². The highest BCUT2D eigenvalue weighted by Gasteiger charge is 2.13. The maximum atomic E-state index is 11.9. The van der Waals surface area contributed by atoms with Gasteiger partial charge in [-0.1, -0.05) is 32.9 Å². The first-order chi connectivity index (χ1) is 9.92. The number of rotatable bonds is 8. The quantitative estimate of drug-likeness (QED) is 0.775. The van der Waals surface area contributed by atoms with E-state index in [2.05, 4.69) is 19.2 Å². The Bertz CT molecular complexity index is 445. The van der Waals surface area contributed by atoms with Crippen molar-refractivity contribution in [1.29, 1.82) is 0 Å². The predicted molar refractivity (Wildman–Crippen MR) is 84.5 cm³/mol. The molecule has 2 N–H and O–H groups in total. The zero-order chi connectivity index (χ0) is 15.8. The maximum absolute atomic E-state index is 11.9. The van der Waals surface area contributed by atoms with Crippen LogP contribution in [0.2, 0.25) is 0 Å². The number of carbonyl (C=O) groups excluding carboxylic acids is 1. The summed E-state index contributed by atoms with van der Waals surface area (Å²) in [5, 5.41) is 12.6. The molecule has 0 fully saturated rings. The minimum atomic E-state index is -0.471. The van der Waals surface area contributed by atoms with Gasteiger partial charge in [-0.25, -0.2) is 0 Å². The molecule has 0 heterocycles. The molecule has 2 unspecified atom stereocenters. The van der Waals surface area contributed by atoms with Crippen LogP contribution in [0.15, 0.2) is 24.3 Å². The molecular formula is C17H27NO3. The van der Waals surface area contributed by atoms with E-state index in [0.29, 0.717) is 25.3 Å². The molecule has 0 saturated carbocycles. The molecule has 118 valence electrons. The number of hydrogen-bond acceptors (Lipinski definition) is 3. The van der Waals surface area contributed by atoms with Crippen LogP contribution in [0.25, 0.3) is 0 Å². The lowest BCUT2D eigenvalue weighted by Crippen LogP contribution is -2.33. The Kier molecular flexibility index (Phi) is 7.23. The molecule has 1 aromatic carbocycles. The number of carbonyl (C=O) groups is 1. The van der Waals surface area contributed by atoms with Crippen molar-refractivity contribution >= 4 is 5.91 Å². The molecule has 0 bridgehead atoms. The fourth-order valence-electron chi connectivity index (χ4n) is 2.28. The van der Waals surface area contributed by atoms with Crippen LogP contribution in [0, 0.1) is 5.92 Å². The van der Waals surface area contributed by atoms with Crippen LogP contribution >= 0.6 is 0 Å². The third kappa shape index (κ3) is 6.63. The van der Waals surface area contributed by atoms with Gasteiger partial charge in [0.15, 0.2) is 0 Å². The van der Waals surface area contributed by atoms with Crippen molar-refractivity contribution in [2.75, 3.05) is 13.7 Å². The zero-order valence-electron chi connectivity index (χ0n) is 13.4. The van der Waals surface area contributed by atoms with Crippen molar-refractivity contribution in [1.82, 2.24) is 5.32 Å². The van der Waals surface area contributed by atoms with Gasteiger partial charge in [-0.15, -0.1) is 0 Å². The summed E-state index contributed by atoms with van der Waals surface area (Å²) < 4.78 is 5.19. The predicted octanol–water partition coefficient (Wildman–Crippen LogP) is 2.71. The summed E-state index contributed by atoms with van der Waals surface area (Å²) in [7, 11) is 1.63. The second-order valence-electron chi connectivity index (χ2n) is 5.97. The van der Waals surface area contributed by atoms with Crippen molar-refractivity contribution in [3.63, 3.8) is 0 Å². The third-order valence-corrected chi connectivity index (χ3v) is 3.43. The molecule has 0 aliphatic rings. The maximum Gasteiger partial charge on any atom is 0.220 e. The van der Waals surface area contributed by atoms with Gasteiger partial charge in [-0.2, -0.15) is 0 Å². The van der Waals surface area contributed by atoms with Crippen molar-refractivity contribution in [3.8, 4) is 5.75 Å². The van der Waals surface area contributed by atoms with E-state index in [1.54, 1.807) is 7.11 Å². The number of benzene rings is 1. The van der Waals surface area contributed by atoms with E-state index < -0.39 is 6.10 Å². The van der Waals surface area contributed by atoms with Crippen LogP contribution in [0.3, 0.4) is 0 Å². The molecule has 1 rings (SSSR count). The molecule has 4 heteroatoms. The van der Waals surface area contributed by atoms with Crippen LogP contribution in [0.4, 0.5) is 0 Å². The molecule has 1 aromatic rings. The molecule has 0 saturated heterocycles. The Hall–Kier alpha value is -1.55. The molecule has 1 amide bonds. The normalized spacial score (nSPS) is 13.8. The van der Waals surface area contributed by atoms with Gasteiger partial charge >= 0.3 is 0 Å². The molecule has 4 nitrogen and oxygen atoms in total. The molecular weight excluding hydrogens is 266 g/mol. The zero-order valence-corrected chi connectivity index (χ0v) is 13.4. The largest absolute Gasteiger partial charge is 0.497 e. The van der Waals surface area contributed by atoms with Crippen LogP contribution in [0.1, 0.15) is 45.1 Å². The van der Waals surface area contributed by atoms with Crippen molar-refractivity contribution in [3.05, 3.63) is 29.8 Å². The van der Waals surface area contributed by atoms with Gasteiger partial charge in [0.05, 0.1) is 13.2 Å². The smallest absolute Gasteiger partial charge is 0.220 e. The summed E-state index contributed by atoms with van der Waals surface area (Å²) in [5.41, 5.74) is 1.08. The van der Waals surface area contributed by atoms with Crippen LogP contribution in [0.5, 0.6) is 5.75 Å². The average molecular weight is 293 g/mol. The summed E-state index contributed by atoms with van der Waals surface area (Å²) in [6, 6.07) is 7.76. The average Bonchev–Trinajstić information content (AvgIpc) is 2.44. The summed E-state index contributed by atoms with van der Waals surface area (Å²) in [4.78, 5) is 11.9. The van der Waals surface area contributed by atoms with E-state index in [0.717, 1.165) is 11.3 Å². The van der Waals surface area contributed by atoms with Gasteiger partial charge in [-0.05, 0) is 36.0 Å². The lowest BCUT2D eigenvalue weighted by molar-refractivity contribution is -0.121. The fourth-order valence-corrected chi connectivity index (χ4v) is 2.28. The lowest BCUT2D eigenvalue weighted by atomic mass is 9.97. The second kappa shape index (κ2) is 8.67. The molecule has 0 aliphatic carbocycles. The second-order valence-corrected chi connectivity index (χ2v) is 5.97. The Morgan fingerprint density at radius 2 is 2.05 bits per heavy atom.